The number of hydrogen-bond acceptors (Lipinski definition) is 6. The van der Waals surface area contributed by atoms with E-state index in [1.165, 1.54) is 7.11 Å². The van der Waals surface area contributed by atoms with Crippen molar-refractivity contribution in [2.24, 2.45) is 0 Å². The molecular formula is C29H37N4O4S+. The first-order chi connectivity index (χ1) is 18.4. The molecule has 1 saturated heterocycles. The van der Waals surface area contributed by atoms with Crippen molar-refractivity contribution in [3.63, 3.8) is 0 Å². The minimum Gasteiger partial charge on any atom is -0.465 e. The number of carbonyl (C=O) groups excluding carboxylic acids is 3. The maximum atomic E-state index is 13.9. The number of aryl methyl sites for hydroxylation is 1. The fraction of sp³-hybridized carbons (Fsp3) is 0.448. The number of amides is 3. The standard InChI is InChI=1S/C29H37N4O4S/c1-4-6-8-26-30-16-25(32(26)18-22-9-11-24(12-10-22)28(35)37-3)20-33(14-7-5-2)27(34)19-31(29(33)36)17-23-13-15-38-21-23/h9-13,15-16,21H,4-8,14,17-20H2,1-3H3/q+1. The van der Waals surface area contributed by atoms with Crippen LogP contribution in [0, 0.1) is 0 Å². The van der Waals surface area contributed by atoms with Gasteiger partial charge in [-0.3, -0.25) is 4.90 Å². The van der Waals surface area contributed by atoms with Crippen molar-refractivity contribution in [1.82, 2.24) is 14.5 Å². The predicted molar refractivity (Wildman–Crippen MR) is 147 cm³/mol. The van der Waals surface area contributed by atoms with Gasteiger partial charge in [-0.05, 0) is 52.9 Å². The second-order valence-electron chi connectivity index (χ2n) is 9.91. The molecule has 8 nitrogen and oxygen atoms in total. The number of benzene rings is 1. The molecule has 1 unspecified atom stereocenters. The highest BCUT2D eigenvalue weighted by atomic mass is 32.1. The summed E-state index contributed by atoms with van der Waals surface area (Å²) in [5, 5.41) is 4.02. The van der Waals surface area contributed by atoms with E-state index < -0.39 is 0 Å². The molecule has 3 heterocycles. The SMILES string of the molecule is CCCCc1ncc(C[N+]2(CCCC)C(=O)CN(Cc3ccsc3)C2=O)n1Cc1ccc(C(=O)OC)cc1. The van der Waals surface area contributed by atoms with E-state index in [4.69, 9.17) is 9.72 Å². The topological polar surface area (TPSA) is 81.5 Å². The molecule has 1 aliphatic heterocycles. The van der Waals surface area contributed by atoms with Gasteiger partial charge in [-0.1, -0.05) is 38.8 Å². The first kappa shape index (κ1) is 27.7. The lowest BCUT2D eigenvalue weighted by Gasteiger charge is -2.29. The summed E-state index contributed by atoms with van der Waals surface area (Å²) in [5.74, 6) is 0.523. The minimum atomic E-state index is -0.371. The Morgan fingerprint density at radius 2 is 1.82 bits per heavy atom. The lowest BCUT2D eigenvalue weighted by Crippen LogP contribution is -2.54. The Morgan fingerprint density at radius 3 is 2.47 bits per heavy atom. The zero-order chi connectivity index (χ0) is 27.1. The van der Waals surface area contributed by atoms with Gasteiger partial charge in [0.25, 0.3) is 0 Å². The van der Waals surface area contributed by atoms with E-state index in [1.54, 1.807) is 28.4 Å². The number of urea groups is 1. The quantitative estimate of drug-likeness (QED) is 0.166. The number of ether oxygens (including phenoxy) is 1. The Hall–Kier alpha value is -3.30. The highest BCUT2D eigenvalue weighted by Gasteiger charge is 2.54. The number of nitrogens with zero attached hydrogens (tertiary/aromatic N) is 4. The van der Waals surface area contributed by atoms with Crippen LogP contribution in [0.1, 0.15) is 72.5 Å². The first-order valence-electron chi connectivity index (χ1n) is 13.3. The average Bonchev–Trinajstić information content (AvgIpc) is 3.63. The molecule has 38 heavy (non-hydrogen) atoms. The molecule has 202 valence electrons. The molecular weight excluding hydrogens is 500 g/mol. The molecule has 0 N–H and O–H groups in total. The molecule has 0 aliphatic carbocycles. The lowest BCUT2D eigenvalue weighted by molar-refractivity contribution is -0.784. The van der Waals surface area contributed by atoms with Gasteiger partial charge in [0.1, 0.15) is 18.9 Å². The van der Waals surface area contributed by atoms with Gasteiger partial charge in [0, 0.05) is 13.0 Å². The van der Waals surface area contributed by atoms with Gasteiger partial charge >= 0.3 is 17.9 Å². The van der Waals surface area contributed by atoms with Crippen molar-refractivity contribution in [3.8, 4) is 0 Å². The second-order valence-corrected chi connectivity index (χ2v) is 10.7. The number of esters is 1. The van der Waals surface area contributed by atoms with E-state index in [1.807, 2.05) is 35.2 Å². The van der Waals surface area contributed by atoms with E-state index in [9.17, 15) is 14.4 Å². The Labute approximate surface area is 228 Å². The smallest absolute Gasteiger partial charge is 0.427 e. The predicted octanol–water partition coefficient (Wildman–Crippen LogP) is 5.40. The summed E-state index contributed by atoms with van der Waals surface area (Å²) in [6, 6.07) is 9.22. The summed E-state index contributed by atoms with van der Waals surface area (Å²) in [6.07, 6.45) is 6.38. The van der Waals surface area contributed by atoms with E-state index in [-0.39, 0.29) is 35.5 Å². The Morgan fingerprint density at radius 1 is 1.05 bits per heavy atom. The van der Waals surface area contributed by atoms with Crippen molar-refractivity contribution in [1.29, 1.82) is 0 Å². The van der Waals surface area contributed by atoms with Gasteiger partial charge in [0.05, 0.1) is 37.7 Å². The zero-order valence-electron chi connectivity index (χ0n) is 22.5. The molecule has 1 atom stereocenters. The summed E-state index contributed by atoms with van der Waals surface area (Å²) < 4.78 is 6.77. The summed E-state index contributed by atoms with van der Waals surface area (Å²) in [7, 11) is 1.37. The van der Waals surface area contributed by atoms with Crippen LogP contribution in [0.5, 0.6) is 0 Å². The molecule has 0 radical (unpaired) electrons. The highest BCUT2D eigenvalue weighted by molar-refractivity contribution is 7.07. The highest BCUT2D eigenvalue weighted by Crippen LogP contribution is 2.29. The number of rotatable bonds is 13. The largest absolute Gasteiger partial charge is 0.465 e. The van der Waals surface area contributed by atoms with Crippen molar-refractivity contribution in [2.45, 2.75) is 65.6 Å². The monoisotopic (exact) mass is 537 g/mol. The Balaban J connectivity index is 1.65. The van der Waals surface area contributed by atoms with Crippen molar-refractivity contribution >= 4 is 29.2 Å². The fourth-order valence-electron chi connectivity index (χ4n) is 4.98. The first-order valence-corrected chi connectivity index (χ1v) is 14.3. The molecule has 9 heteroatoms. The van der Waals surface area contributed by atoms with Crippen LogP contribution >= 0.6 is 11.3 Å². The molecule has 1 fully saturated rings. The van der Waals surface area contributed by atoms with Crippen LogP contribution in [0.2, 0.25) is 0 Å². The third-order valence-electron chi connectivity index (χ3n) is 7.21. The molecule has 0 spiro atoms. The van der Waals surface area contributed by atoms with Crippen LogP contribution in [0.25, 0.3) is 0 Å². The van der Waals surface area contributed by atoms with Gasteiger partial charge < -0.3 is 9.30 Å². The van der Waals surface area contributed by atoms with Gasteiger partial charge in [-0.15, -0.1) is 0 Å². The van der Waals surface area contributed by atoms with Crippen LogP contribution in [-0.2, 0) is 35.6 Å². The van der Waals surface area contributed by atoms with E-state index in [0.29, 0.717) is 25.2 Å². The number of quaternary nitrogens is 1. The minimum absolute atomic E-state index is 0.0519. The molecule has 1 aliphatic rings. The fourth-order valence-corrected chi connectivity index (χ4v) is 5.64. The van der Waals surface area contributed by atoms with Gasteiger partial charge in [-0.2, -0.15) is 15.8 Å². The zero-order valence-corrected chi connectivity index (χ0v) is 23.3. The van der Waals surface area contributed by atoms with Crippen LogP contribution < -0.4 is 0 Å². The molecule has 3 amide bonds. The van der Waals surface area contributed by atoms with Gasteiger partial charge in [-0.25, -0.2) is 19.4 Å². The number of aromatic nitrogens is 2. The van der Waals surface area contributed by atoms with Crippen molar-refractivity contribution in [2.75, 3.05) is 20.2 Å². The lowest BCUT2D eigenvalue weighted by atomic mass is 10.1. The number of thiophene rings is 1. The second kappa shape index (κ2) is 12.5. The summed E-state index contributed by atoms with van der Waals surface area (Å²) in [4.78, 5) is 45.7. The molecule has 4 rings (SSSR count). The number of imide groups is 1. The van der Waals surface area contributed by atoms with Gasteiger partial charge in [0.15, 0.2) is 0 Å². The van der Waals surface area contributed by atoms with Crippen molar-refractivity contribution < 1.29 is 23.6 Å². The van der Waals surface area contributed by atoms with E-state index in [0.717, 1.165) is 54.7 Å². The Bertz CT molecular complexity index is 1250. The maximum absolute atomic E-state index is 13.9. The third-order valence-corrected chi connectivity index (χ3v) is 7.94. The summed E-state index contributed by atoms with van der Waals surface area (Å²) >= 11 is 1.59. The number of unbranched alkanes of at least 4 members (excludes halogenated alkanes) is 2. The summed E-state index contributed by atoms with van der Waals surface area (Å²) in [5.41, 5.74) is 3.43. The van der Waals surface area contributed by atoms with Crippen LogP contribution in [0.4, 0.5) is 4.79 Å². The normalized spacial score (nSPS) is 17.4. The number of methoxy groups -OCH3 is 1. The number of carbonyl (C=O) groups is 3. The maximum Gasteiger partial charge on any atom is 0.427 e. The molecule has 2 aromatic heterocycles. The van der Waals surface area contributed by atoms with Crippen LogP contribution in [-0.4, -0.2) is 57.0 Å². The van der Waals surface area contributed by atoms with Gasteiger partial charge in [0.2, 0.25) is 0 Å². The average molecular weight is 538 g/mol. The molecule has 1 aromatic carbocycles. The van der Waals surface area contributed by atoms with E-state index >= 15 is 0 Å². The van der Waals surface area contributed by atoms with E-state index in [2.05, 4.69) is 18.4 Å². The number of hydrogen-bond donors (Lipinski definition) is 0. The Kier molecular flexibility index (Phi) is 9.12. The van der Waals surface area contributed by atoms with Crippen LogP contribution in [0.3, 0.4) is 0 Å². The molecule has 3 aromatic rings. The third kappa shape index (κ3) is 5.89. The van der Waals surface area contributed by atoms with Crippen LogP contribution in [0.15, 0.2) is 47.3 Å². The number of imidazole rings is 1. The molecule has 0 saturated carbocycles. The molecule has 0 bridgehead atoms. The van der Waals surface area contributed by atoms with Crippen molar-refractivity contribution in [3.05, 3.63) is 75.5 Å². The summed E-state index contributed by atoms with van der Waals surface area (Å²) in [6.45, 7) is 6.13.